The molecule has 2 aromatic rings. The summed E-state index contributed by atoms with van der Waals surface area (Å²) >= 11 is 0. The molecule has 0 atom stereocenters. The first kappa shape index (κ1) is 16.5. The first-order valence-corrected chi connectivity index (χ1v) is 6.99. The Hall–Kier alpha value is -1.89. The summed E-state index contributed by atoms with van der Waals surface area (Å²) in [5.41, 5.74) is 2.05. The second-order valence-corrected chi connectivity index (χ2v) is 5.04. The minimum absolute atomic E-state index is 0.0334. The first-order chi connectivity index (χ1) is 10.4. The Morgan fingerprint density at radius 1 is 1.18 bits per heavy atom. The highest BCUT2D eigenvalue weighted by Crippen LogP contribution is 2.21. The fraction of sp³-hybridized carbons (Fsp3) is 0.467. The van der Waals surface area contributed by atoms with Gasteiger partial charge in [-0.15, -0.1) is 0 Å². The summed E-state index contributed by atoms with van der Waals surface area (Å²) in [7, 11) is 0. The van der Waals surface area contributed by atoms with E-state index >= 15 is 0 Å². The van der Waals surface area contributed by atoms with Crippen LogP contribution in [-0.4, -0.2) is 34.2 Å². The van der Waals surface area contributed by atoms with Gasteiger partial charge in [-0.25, -0.2) is 9.67 Å². The fourth-order valence-electron chi connectivity index (χ4n) is 2.14. The first-order valence-electron chi connectivity index (χ1n) is 6.99. The number of benzene rings is 1. The molecule has 22 heavy (non-hydrogen) atoms. The molecule has 1 aromatic heterocycles. The van der Waals surface area contributed by atoms with Crippen molar-refractivity contribution in [1.29, 1.82) is 0 Å². The van der Waals surface area contributed by atoms with Crippen molar-refractivity contribution in [1.82, 2.24) is 14.8 Å². The smallest absolute Gasteiger partial charge is 0.372 e. The summed E-state index contributed by atoms with van der Waals surface area (Å²) in [6, 6.07) is 7.80. The zero-order valence-corrected chi connectivity index (χ0v) is 12.5. The summed E-state index contributed by atoms with van der Waals surface area (Å²) in [5.74, 6) is 1.36. The Bertz CT molecular complexity index is 623. The maximum absolute atomic E-state index is 12.0. The summed E-state index contributed by atoms with van der Waals surface area (Å²) in [6.45, 7) is 3.05. The van der Waals surface area contributed by atoms with E-state index in [1.54, 1.807) is 11.6 Å². The maximum atomic E-state index is 12.0. The van der Waals surface area contributed by atoms with Gasteiger partial charge in [0.1, 0.15) is 12.4 Å². The molecule has 0 aliphatic carbocycles. The zero-order chi connectivity index (χ0) is 16.2. The van der Waals surface area contributed by atoms with Crippen molar-refractivity contribution < 1.29 is 17.9 Å². The lowest BCUT2D eigenvalue weighted by Crippen LogP contribution is -2.18. The van der Waals surface area contributed by atoms with Crippen LogP contribution in [0.1, 0.15) is 17.8 Å². The number of rotatable bonds is 6. The van der Waals surface area contributed by atoms with Gasteiger partial charge in [-0.2, -0.15) is 18.3 Å². The lowest BCUT2D eigenvalue weighted by atomic mass is 10.1. The average molecular weight is 313 g/mol. The van der Waals surface area contributed by atoms with Crippen LogP contribution in [0.15, 0.2) is 24.3 Å². The fourth-order valence-corrected chi connectivity index (χ4v) is 2.14. The van der Waals surface area contributed by atoms with E-state index in [-0.39, 0.29) is 6.61 Å². The Kier molecular flexibility index (Phi) is 5.18. The molecule has 120 valence electrons. The summed E-state index contributed by atoms with van der Waals surface area (Å²) < 4.78 is 42.3. The number of aromatic nitrogens is 3. The molecule has 0 bridgehead atoms. The highest BCUT2D eigenvalue weighted by molar-refractivity contribution is 5.59. The molecule has 1 heterocycles. The molecule has 1 aromatic carbocycles. The molecule has 0 saturated heterocycles. The second-order valence-electron chi connectivity index (χ2n) is 5.04. The van der Waals surface area contributed by atoms with Gasteiger partial charge in [-0.05, 0) is 25.8 Å². The van der Waals surface area contributed by atoms with Crippen LogP contribution in [0, 0.1) is 13.8 Å². The monoisotopic (exact) mass is 313 g/mol. The van der Waals surface area contributed by atoms with Crippen LogP contribution in [0.5, 0.6) is 0 Å². The third-order valence-corrected chi connectivity index (χ3v) is 3.09. The van der Waals surface area contributed by atoms with E-state index in [9.17, 15) is 13.2 Å². The number of hydrogen-bond donors (Lipinski definition) is 0. The lowest BCUT2D eigenvalue weighted by molar-refractivity contribution is -0.174. The minimum atomic E-state index is -4.28. The molecule has 0 radical (unpaired) electrons. The van der Waals surface area contributed by atoms with Crippen molar-refractivity contribution in [2.75, 3.05) is 13.2 Å². The van der Waals surface area contributed by atoms with Gasteiger partial charge in [-0.3, -0.25) is 0 Å². The predicted molar refractivity (Wildman–Crippen MR) is 76.4 cm³/mol. The molecular formula is C15H18F3N3O. The molecule has 0 aliphatic heterocycles. The van der Waals surface area contributed by atoms with E-state index in [1.807, 2.05) is 31.2 Å². The Labute approximate surface area is 126 Å². The number of alkyl halides is 3. The third-order valence-electron chi connectivity index (χ3n) is 3.09. The van der Waals surface area contributed by atoms with Gasteiger partial charge >= 0.3 is 6.18 Å². The van der Waals surface area contributed by atoms with Crippen molar-refractivity contribution in [3.8, 4) is 11.4 Å². The van der Waals surface area contributed by atoms with Gasteiger partial charge in [0.25, 0.3) is 0 Å². The van der Waals surface area contributed by atoms with Crippen LogP contribution in [0.4, 0.5) is 13.2 Å². The van der Waals surface area contributed by atoms with E-state index in [4.69, 9.17) is 0 Å². The largest absolute Gasteiger partial charge is 0.411 e. The van der Waals surface area contributed by atoms with Gasteiger partial charge < -0.3 is 4.74 Å². The predicted octanol–water partition coefficient (Wildman–Crippen LogP) is 3.53. The quantitative estimate of drug-likeness (QED) is 0.766. The van der Waals surface area contributed by atoms with Crippen LogP contribution in [0.25, 0.3) is 11.4 Å². The second kappa shape index (κ2) is 6.91. The molecule has 0 aliphatic rings. The molecule has 2 rings (SSSR count). The van der Waals surface area contributed by atoms with E-state index in [0.717, 1.165) is 17.0 Å². The average Bonchev–Trinajstić information content (AvgIpc) is 2.78. The number of ether oxygens (including phenoxy) is 1. The molecule has 4 nitrogen and oxygen atoms in total. The van der Waals surface area contributed by atoms with Crippen LogP contribution in [0.2, 0.25) is 0 Å². The van der Waals surface area contributed by atoms with Gasteiger partial charge in [0.15, 0.2) is 5.82 Å². The number of halogens is 3. The van der Waals surface area contributed by atoms with Crippen LogP contribution >= 0.6 is 0 Å². The highest BCUT2D eigenvalue weighted by atomic mass is 19.4. The Morgan fingerprint density at radius 3 is 2.59 bits per heavy atom. The van der Waals surface area contributed by atoms with Crippen molar-refractivity contribution in [3.05, 3.63) is 35.7 Å². The van der Waals surface area contributed by atoms with Gasteiger partial charge in [-0.1, -0.05) is 24.3 Å². The van der Waals surface area contributed by atoms with Crippen molar-refractivity contribution >= 4 is 0 Å². The molecule has 7 heteroatoms. The normalized spacial score (nSPS) is 11.9. The number of hydrogen-bond acceptors (Lipinski definition) is 3. The van der Waals surface area contributed by atoms with Gasteiger partial charge in [0.05, 0.1) is 0 Å². The van der Waals surface area contributed by atoms with Crippen molar-refractivity contribution in [2.45, 2.75) is 33.0 Å². The third kappa shape index (κ3) is 4.56. The molecule has 0 fully saturated rings. The summed E-state index contributed by atoms with van der Waals surface area (Å²) in [4.78, 5) is 4.41. The highest BCUT2D eigenvalue weighted by Gasteiger charge is 2.27. The van der Waals surface area contributed by atoms with E-state index in [0.29, 0.717) is 18.8 Å². The zero-order valence-electron chi connectivity index (χ0n) is 12.5. The Morgan fingerprint density at radius 2 is 1.91 bits per heavy atom. The van der Waals surface area contributed by atoms with Crippen LogP contribution in [0.3, 0.4) is 0 Å². The minimum Gasteiger partial charge on any atom is -0.372 e. The lowest BCUT2D eigenvalue weighted by Gasteiger charge is -2.09. The SMILES string of the molecule is Cc1nc(-c2ccccc2C)n(CCCOCC(F)(F)F)n1. The Balaban J connectivity index is 1.99. The maximum Gasteiger partial charge on any atom is 0.411 e. The molecule has 0 N–H and O–H groups in total. The van der Waals surface area contributed by atoms with Crippen LogP contribution < -0.4 is 0 Å². The van der Waals surface area contributed by atoms with Crippen molar-refractivity contribution in [3.63, 3.8) is 0 Å². The van der Waals surface area contributed by atoms with E-state index < -0.39 is 12.8 Å². The molecular weight excluding hydrogens is 295 g/mol. The van der Waals surface area contributed by atoms with Gasteiger partial charge in [0.2, 0.25) is 0 Å². The summed E-state index contributed by atoms with van der Waals surface area (Å²) in [6.07, 6.45) is -3.84. The molecule has 0 amide bonds. The molecule has 0 unspecified atom stereocenters. The number of nitrogens with zero attached hydrogens (tertiary/aromatic N) is 3. The molecule has 0 spiro atoms. The van der Waals surface area contributed by atoms with Crippen LogP contribution in [-0.2, 0) is 11.3 Å². The van der Waals surface area contributed by atoms with Gasteiger partial charge in [0, 0.05) is 18.7 Å². The molecule has 0 saturated carbocycles. The van der Waals surface area contributed by atoms with E-state index in [2.05, 4.69) is 14.8 Å². The van der Waals surface area contributed by atoms with E-state index in [1.165, 1.54) is 0 Å². The number of aryl methyl sites for hydroxylation is 3. The standard InChI is InChI=1S/C15H18F3N3O/c1-11-6-3-4-7-13(11)14-19-12(2)20-21(14)8-5-9-22-10-15(16,17)18/h3-4,6-7H,5,8-10H2,1-2H3. The summed E-state index contributed by atoms with van der Waals surface area (Å²) in [5, 5.41) is 4.30. The topological polar surface area (TPSA) is 39.9 Å². The van der Waals surface area contributed by atoms with Crippen molar-refractivity contribution in [2.24, 2.45) is 0 Å².